The molecule has 31 heavy (non-hydrogen) atoms. The van der Waals surface area contributed by atoms with E-state index < -0.39 is 24.0 Å². The summed E-state index contributed by atoms with van der Waals surface area (Å²) in [6.45, 7) is -0.448. The number of nitrogens with zero attached hydrogens (tertiary/aromatic N) is 3. The number of carbonyl (C=O) groups excluding carboxylic acids is 2. The van der Waals surface area contributed by atoms with Crippen molar-refractivity contribution in [3.05, 3.63) is 59.6 Å². The first-order valence-corrected chi connectivity index (χ1v) is 11.1. The highest BCUT2D eigenvalue weighted by molar-refractivity contribution is 7.13. The molecule has 1 aliphatic carbocycles. The first kappa shape index (κ1) is 20.8. The molecular weight excluding hydrogens is 412 g/mol. The average molecular weight is 435 g/mol. The Morgan fingerprint density at radius 3 is 2.61 bits per heavy atom. The van der Waals surface area contributed by atoms with E-state index in [0.29, 0.717) is 24.2 Å². The minimum atomic E-state index is -0.861. The molecule has 4 rings (SSSR count). The second-order valence-electron chi connectivity index (χ2n) is 7.52. The molecule has 3 aromatic rings. The molecule has 2 aromatic heterocycles. The largest absolute Gasteiger partial charge is 0.451 e. The number of ether oxygens (including phenoxy) is 1. The molecule has 1 amide bonds. The standard InChI is InChI=1S/C23H22N4O3S/c24-16-23(11-5-2-6-12-23)25-21(28)15-30-22(29)19-14-18(20-10-7-13-31-20)26-27(19)17-8-3-1-4-9-17/h1,3-4,7-10,13-14H,2,5-6,11-12,15H2,(H,25,28). The summed E-state index contributed by atoms with van der Waals surface area (Å²) in [5, 5.41) is 18.8. The number of thiophene rings is 1. The zero-order chi connectivity index (χ0) is 21.7. The average Bonchev–Trinajstić information content (AvgIpc) is 3.49. The van der Waals surface area contributed by atoms with Crippen molar-refractivity contribution in [2.24, 2.45) is 0 Å². The van der Waals surface area contributed by atoms with Gasteiger partial charge in [0.25, 0.3) is 5.91 Å². The highest BCUT2D eigenvalue weighted by Gasteiger charge is 2.33. The Hall–Kier alpha value is -3.44. The van der Waals surface area contributed by atoms with E-state index >= 15 is 0 Å². The second-order valence-corrected chi connectivity index (χ2v) is 8.47. The second kappa shape index (κ2) is 9.14. The van der Waals surface area contributed by atoms with Crippen molar-refractivity contribution in [1.82, 2.24) is 15.1 Å². The summed E-state index contributed by atoms with van der Waals surface area (Å²) in [5.74, 6) is -1.12. The summed E-state index contributed by atoms with van der Waals surface area (Å²) in [6, 6.07) is 17.0. The molecule has 0 saturated heterocycles. The fraction of sp³-hybridized carbons (Fsp3) is 0.304. The maximum Gasteiger partial charge on any atom is 0.357 e. The molecule has 0 spiro atoms. The number of hydrogen-bond donors (Lipinski definition) is 1. The van der Waals surface area contributed by atoms with Crippen LogP contribution in [0.2, 0.25) is 0 Å². The summed E-state index contributed by atoms with van der Waals surface area (Å²) in [4.78, 5) is 26.2. The number of carbonyl (C=O) groups is 2. The van der Waals surface area contributed by atoms with Gasteiger partial charge in [-0.3, -0.25) is 4.79 Å². The minimum Gasteiger partial charge on any atom is -0.451 e. The third kappa shape index (κ3) is 4.67. The van der Waals surface area contributed by atoms with E-state index in [4.69, 9.17) is 4.74 Å². The van der Waals surface area contributed by atoms with Crippen LogP contribution in [0.3, 0.4) is 0 Å². The summed E-state index contributed by atoms with van der Waals surface area (Å²) >= 11 is 1.52. The lowest BCUT2D eigenvalue weighted by atomic mass is 9.83. The van der Waals surface area contributed by atoms with Crippen LogP contribution in [0, 0.1) is 11.3 Å². The molecule has 2 heterocycles. The van der Waals surface area contributed by atoms with Crippen molar-refractivity contribution < 1.29 is 14.3 Å². The molecule has 1 N–H and O–H groups in total. The summed E-state index contributed by atoms with van der Waals surface area (Å²) in [6.07, 6.45) is 4.09. The highest BCUT2D eigenvalue weighted by Crippen LogP contribution is 2.28. The van der Waals surface area contributed by atoms with E-state index in [1.807, 2.05) is 47.8 Å². The molecule has 0 radical (unpaired) electrons. The summed E-state index contributed by atoms with van der Waals surface area (Å²) < 4.78 is 6.82. The lowest BCUT2D eigenvalue weighted by Crippen LogP contribution is -2.50. The molecule has 1 aliphatic rings. The first-order chi connectivity index (χ1) is 15.1. The fourth-order valence-corrected chi connectivity index (χ4v) is 4.45. The Balaban J connectivity index is 1.50. The van der Waals surface area contributed by atoms with Crippen molar-refractivity contribution in [3.8, 4) is 22.3 Å². The molecule has 8 heteroatoms. The van der Waals surface area contributed by atoms with Crippen LogP contribution in [-0.4, -0.2) is 33.8 Å². The van der Waals surface area contributed by atoms with E-state index in [1.54, 1.807) is 6.07 Å². The van der Waals surface area contributed by atoms with Crippen LogP contribution in [-0.2, 0) is 9.53 Å². The number of hydrogen-bond acceptors (Lipinski definition) is 6. The molecule has 7 nitrogen and oxygen atoms in total. The number of benzene rings is 1. The van der Waals surface area contributed by atoms with Gasteiger partial charge in [0.05, 0.1) is 16.6 Å². The quantitative estimate of drug-likeness (QED) is 0.589. The van der Waals surface area contributed by atoms with E-state index in [9.17, 15) is 14.9 Å². The SMILES string of the molecule is N#CC1(NC(=O)COC(=O)c2cc(-c3cccs3)nn2-c2ccccc2)CCCCC1. The lowest BCUT2D eigenvalue weighted by Gasteiger charge is -2.31. The van der Waals surface area contributed by atoms with Gasteiger partial charge in [0, 0.05) is 6.07 Å². The molecule has 0 atom stereocenters. The summed E-state index contributed by atoms with van der Waals surface area (Å²) in [5.41, 5.74) is 0.739. The maximum atomic E-state index is 12.8. The molecule has 0 aliphatic heterocycles. The molecule has 1 saturated carbocycles. The first-order valence-electron chi connectivity index (χ1n) is 10.2. The number of esters is 1. The molecule has 1 aromatic carbocycles. The molecule has 0 unspecified atom stereocenters. The van der Waals surface area contributed by atoms with Gasteiger partial charge >= 0.3 is 5.97 Å². The Labute approximate surface area is 184 Å². The van der Waals surface area contributed by atoms with E-state index in [-0.39, 0.29) is 5.69 Å². The van der Waals surface area contributed by atoms with Gasteiger partial charge in [-0.2, -0.15) is 10.4 Å². The van der Waals surface area contributed by atoms with Crippen LogP contribution in [0.1, 0.15) is 42.6 Å². The van der Waals surface area contributed by atoms with Crippen molar-refractivity contribution in [2.75, 3.05) is 6.61 Å². The van der Waals surface area contributed by atoms with Crippen molar-refractivity contribution in [2.45, 2.75) is 37.6 Å². The van der Waals surface area contributed by atoms with Gasteiger partial charge < -0.3 is 10.1 Å². The summed E-state index contributed by atoms with van der Waals surface area (Å²) in [7, 11) is 0. The maximum absolute atomic E-state index is 12.8. The van der Waals surface area contributed by atoms with Gasteiger partial charge in [-0.05, 0) is 36.4 Å². The van der Waals surface area contributed by atoms with E-state index in [0.717, 1.165) is 24.1 Å². The van der Waals surface area contributed by atoms with Crippen molar-refractivity contribution in [1.29, 1.82) is 5.26 Å². The monoisotopic (exact) mass is 434 g/mol. The highest BCUT2D eigenvalue weighted by atomic mass is 32.1. The minimum absolute atomic E-state index is 0.232. The Morgan fingerprint density at radius 1 is 1.16 bits per heavy atom. The predicted octanol–water partition coefficient (Wildman–Crippen LogP) is 4.10. The number of nitriles is 1. The Kier molecular flexibility index (Phi) is 6.14. The van der Waals surface area contributed by atoms with Crippen LogP contribution in [0.5, 0.6) is 0 Å². The number of para-hydroxylation sites is 1. The van der Waals surface area contributed by atoms with E-state index in [2.05, 4.69) is 16.5 Å². The smallest absolute Gasteiger partial charge is 0.357 e. The van der Waals surface area contributed by atoms with Crippen molar-refractivity contribution in [3.63, 3.8) is 0 Å². The Bertz CT molecular complexity index is 1090. The van der Waals surface area contributed by atoms with Gasteiger partial charge in [-0.25, -0.2) is 9.48 Å². The Morgan fingerprint density at radius 2 is 1.94 bits per heavy atom. The molecule has 1 fully saturated rings. The fourth-order valence-electron chi connectivity index (χ4n) is 3.77. The molecule has 158 valence electrons. The molecule has 0 bridgehead atoms. The normalized spacial score (nSPS) is 15.1. The number of rotatable bonds is 6. The van der Waals surface area contributed by atoms with Gasteiger partial charge in [-0.15, -0.1) is 11.3 Å². The third-order valence-electron chi connectivity index (χ3n) is 5.33. The zero-order valence-corrected chi connectivity index (χ0v) is 17.7. The zero-order valence-electron chi connectivity index (χ0n) is 16.9. The van der Waals surface area contributed by atoms with Gasteiger partial charge in [0.2, 0.25) is 0 Å². The van der Waals surface area contributed by atoms with Crippen LogP contribution >= 0.6 is 11.3 Å². The van der Waals surface area contributed by atoms with Gasteiger partial charge in [-0.1, -0.05) is 43.5 Å². The number of amides is 1. The lowest BCUT2D eigenvalue weighted by molar-refractivity contribution is -0.125. The van der Waals surface area contributed by atoms with Crippen LogP contribution in [0.25, 0.3) is 16.3 Å². The predicted molar refractivity (Wildman–Crippen MR) is 117 cm³/mol. The topological polar surface area (TPSA) is 97.0 Å². The van der Waals surface area contributed by atoms with Gasteiger partial charge in [0.1, 0.15) is 11.2 Å². The third-order valence-corrected chi connectivity index (χ3v) is 6.22. The van der Waals surface area contributed by atoms with E-state index in [1.165, 1.54) is 16.0 Å². The molecular formula is C23H22N4O3S. The van der Waals surface area contributed by atoms with Gasteiger partial charge in [0.15, 0.2) is 12.3 Å². The number of nitrogens with one attached hydrogen (secondary N) is 1. The van der Waals surface area contributed by atoms with Crippen molar-refractivity contribution >= 4 is 23.2 Å². The van der Waals surface area contributed by atoms with Crippen LogP contribution in [0.15, 0.2) is 53.9 Å². The van der Waals surface area contributed by atoms with Crippen LogP contribution in [0.4, 0.5) is 0 Å². The number of aromatic nitrogens is 2. The van der Waals surface area contributed by atoms with Crippen LogP contribution < -0.4 is 5.32 Å².